The number of hydrogen-bond donors (Lipinski definition) is 1. The number of benzene rings is 1. The van der Waals surface area contributed by atoms with Crippen LogP contribution in [-0.4, -0.2) is 19.2 Å². The topological polar surface area (TPSA) is 57.4 Å². The van der Waals surface area contributed by atoms with Gasteiger partial charge in [-0.2, -0.15) is 0 Å². The van der Waals surface area contributed by atoms with Crippen molar-refractivity contribution in [3.05, 3.63) is 52.8 Å². The first-order valence-electron chi connectivity index (χ1n) is 5.74. The largest absolute Gasteiger partial charge is 0.495 e. The van der Waals surface area contributed by atoms with E-state index in [4.69, 9.17) is 26.8 Å². The predicted molar refractivity (Wildman–Crippen MR) is 74.8 cm³/mol. The van der Waals surface area contributed by atoms with Crippen LogP contribution in [0.5, 0.6) is 11.5 Å². The molecule has 1 unspecified atom stereocenters. The highest BCUT2D eigenvalue weighted by Gasteiger charge is 2.15. The molecule has 1 aromatic carbocycles. The molecule has 0 aliphatic heterocycles. The number of aromatic nitrogens is 1. The van der Waals surface area contributed by atoms with Crippen LogP contribution in [0.2, 0.25) is 5.02 Å². The Morgan fingerprint density at radius 2 is 1.89 bits per heavy atom. The van der Waals surface area contributed by atoms with E-state index in [9.17, 15) is 0 Å². The summed E-state index contributed by atoms with van der Waals surface area (Å²) in [4.78, 5) is 4.01. The minimum absolute atomic E-state index is 0.330. The zero-order valence-electron chi connectivity index (χ0n) is 10.8. The minimum Gasteiger partial charge on any atom is -0.495 e. The molecule has 0 spiro atoms. The van der Waals surface area contributed by atoms with Gasteiger partial charge in [-0.05, 0) is 23.8 Å². The monoisotopic (exact) mass is 278 g/mol. The molecule has 1 atom stereocenters. The summed E-state index contributed by atoms with van der Waals surface area (Å²) in [7, 11) is 3.17. The fourth-order valence-corrected chi connectivity index (χ4v) is 2.06. The van der Waals surface area contributed by atoms with Crippen LogP contribution >= 0.6 is 11.6 Å². The SMILES string of the molecule is COc1cc(C(N)c2ccncc2OC)ccc1Cl. The molecule has 0 radical (unpaired) electrons. The highest BCUT2D eigenvalue weighted by Crippen LogP contribution is 2.32. The molecule has 1 heterocycles. The van der Waals surface area contributed by atoms with Crippen LogP contribution in [0.1, 0.15) is 17.2 Å². The fraction of sp³-hybridized carbons (Fsp3) is 0.214. The standard InChI is InChI=1S/C14H15ClN2O2/c1-18-12-7-9(3-4-11(12)15)14(16)10-5-6-17-8-13(10)19-2/h3-8,14H,16H2,1-2H3. The van der Waals surface area contributed by atoms with Crippen molar-refractivity contribution in [3.8, 4) is 11.5 Å². The molecule has 1 aromatic heterocycles. The van der Waals surface area contributed by atoms with Gasteiger partial charge in [-0.15, -0.1) is 0 Å². The van der Waals surface area contributed by atoms with Crippen molar-refractivity contribution in [1.29, 1.82) is 0 Å². The smallest absolute Gasteiger partial charge is 0.142 e. The Balaban J connectivity index is 2.41. The molecular weight excluding hydrogens is 264 g/mol. The van der Waals surface area contributed by atoms with Crippen molar-refractivity contribution >= 4 is 11.6 Å². The van der Waals surface area contributed by atoms with E-state index in [1.165, 1.54) is 0 Å². The maximum Gasteiger partial charge on any atom is 0.142 e. The second-order valence-electron chi connectivity index (χ2n) is 3.99. The summed E-state index contributed by atoms with van der Waals surface area (Å²) in [5.41, 5.74) is 8.02. The predicted octanol–water partition coefficient (Wildman–Crippen LogP) is 2.80. The molecular formula is C14H15ClN2O2. The summed E-state index contributed by atoms with van der Waals surface area (Å²) in [6, 6.07) is 6.97. The average molecular weight is 279 g/mol. The van der Waals surface area contributed by atoms with E-state index in [-0.39, 0.29) is 6.04 Å². The van der Waals surface area contributed by atoms with Crippen LogP contribution in [-0.2, 0) is 0 Å². The maximum atomic E-state index is 6.26. The molecule has 0 amide bonds. The van der Waals surface area contributed by atoms with E-state index < -0.39 is 0 Å². The highest BCUT2D eigenvalue weighted by atomic mass is 35.5. The molecule has 0 fully saturated rings. The van der Waals surface area contributed by atoms with Crippen LogP contribution in [0.15, 0.2) is 36.7 Å². The van der Waals surface area contributed by atoms with Gasteiger partial charge in [0.15, 0.2) is 0 Å². The number of ether oxygens (including phenoxy) is 2. The van der Waals surface area contributed by atoms with Gasteiger partial charge >= 0.3 is 0 Å². The van der Waals surface area contributed by atoms with Crippen LogP contribution in [0, 0.1) is 0 Å². The molecule has 100 valence electrons. The molecule has 2 N–H and O–H groups in total. The molecule has 2 aromatic rings. The molecule has 4 nitrogen and oxygen atoms in total. The van der Waals surface area contributed by atoms with E-state index >= 15 is 0 Å². The number of halogens is 1. The molecule has 19 heavy (non-hydrogen) atoms. The molecule has 0 bridgehead atoms. The Morgan fingerprint density at radius 3 is 2.58 bits per heavy atom. The summed E-state index contributed by atoms with van der Waals surface area (Å²) < 4.78 is 10.5. The lowest BCUT2D eigenvalue weighted by atomic mass is 9.99. The Morgan fingerprint density at radius 1 is 1.16 bits per heavy atom. The van der Waals surface area contributed by atoms with Crippen molar-refractivity contribution in [2.75, 3.05) is 14.2 Å². The lowest BCUT2D eigenvalue weighted by molar-refractivity contribution is 0.405. The molecule has 2 rings (SSSR count). The van der Waals surface area contributed by atoms with E-state index in [1.807, 2.05) is 18.2 Å². The van der Waals surface area contributed by atoms with Gasteiger partial charge < -0.3 is 15.2 Å². The maximum absolute atomic E-state index is 6.26. The van der Waals surface area contributed by atoms with E-state index in [0.29, 0.717) is 16.5 Å². The summed E-state index contributed by atoms with van der Waals surface area (Å²) >= 11 is 6.01. The van der Waals surface area contributed by atoms with Gasteiger partial charge in [0.05, 0.1) is 31.5 Å². The van der Waals surface area contributed by atoms with Gasteiger partial charge in [0.1, 0.15) is 11.5 Å². The van der Waals surface area contributed by atoms with Crippen LogP contribution in [0.4, 0.5) is 0 Å². The van der Waals surface area contributed by atoms with Crippen molar-refractivity contribution in [2.45, 2.75) is 6.04 Å². The van der Waals surface area contributed by atoms with Gasteiger partial charge in [0.25, 0.3) is 0 Å². The number of nitrogens with zero attached hydrogens (tertiary/aromatic N) is 1. The van der Waals surface area contributed by atoms with Crippen molar-refractivity contribution in [3.63, 3.8) is 0 Å². The minimum atomic E-state index is -0.330. The number of rotatable bonds is 4. The number of methoxy groups -OCH3 is 2. The summed E-state index contributed by atoms with van der Waals surface area (Å²) in [6.07, 6.45) is 3.33. The third-order valence-electron chi connectivity index (χ3n) is 2.91. The summed E-state index contributed by atoms with van der Waals surface area (Å²) in [6.45, 7) is 0. The van der Waals surface area contributed by atoms with E-state index in [1.54, 1.807) is 32.7 Å². The average Bonchev–Trinajstić information content (AvgIpc) is 2.47. The normalized spacial score (nSPS) is 12.0. The van der Waals surface area contributed by atoms with Crippen LogP contribution in [0.3, 0.4) is 0 Å². The molecule has 0 saturated carbocycles. The third-order valence-corrected chi connectivity index (χ3v) is 3.22. The van der Waals surface area contributed by atoms with Gasteiger partial charge in [0, 0.05) is 11.8 Å². The van der Waals surface area contributed by atoms with Crippen LogP contribution < -0.4 is 15.2 Å². The second-order valence-corrected chi connectivity index (χ2v) is 4.40. The van der Waals surface area contributed by atoms with Crippen molar-refractivity contribution in [1.82, 2.24) is 4.98 Å². The zero-order chi connectivity index (χ0) is 13.8. The van der Waals surface area contributed by atoms with Gasteiger partial charge in [-0.1, -0.05) is 17.7 Å². The number of hydrogen-bond acceptors (Lipinski definition) is 4. The van der Waals surface area contributed by atoms with Gasteiger partial charge in [0.2, 0.25) is 0 Å². The summed E-state index contributed by atoms with van der Waals surface area (Å²) in [5, 5.41) is 0.556. The molecule has 5 heteroatoms. The molecule has 0 aliphatic rings. The van der Waals surface area contributed by atoms with Gasteiger partial charge in [-0.25, -0.2) is 0 Å². The first-order valence-corrected chi connectivity index (χ1v) is 6.12. The van der Waals surface area contributed by atoms with E-state index in [0.717, 1.165) is 11.1 Å². The number of pyridine rings is 1. The first-order chi connectivity index (χ1) is 9.17. The lowest BCUT2D eigenvalue weighted by Gasteiger charge is -2.16. The summed E-state index contributed by atoms with van der Waals surface area (Å²) in [5.74, 6) is 1.26. The zero-order valence-corrected chi connectivity index (χ0v) is 11.5. The lowest BCUT2D eigenvalue weighted by Crippen LogP contribution is -2.13. The Kier molecular flexibility index (Phi) is 4.24. The Labute approximate surface area is 117 Å². The molecule has 0 aliphatic carbocycles. The Hall–Kier alpha value is -1.78. The van der Waals surface area contributed by atoms with Gasteiger partial charge in [-0.3, -0.25) is 4.98 Å². The first kappa shape index (κ1) is 13.6. The quantitative estimate of drug-likeness (QED) is 0.934. The highest BCUT2D eigenvalue weighted by molar-refractivity contribution is 6.32. The van der Waals surface area contributed by atoms with Crippen LogP contribution in [0.25, 0.3) is 0 Å². The second kappa shape index (κ2) is 5.91. The van der Waals surface area contributed by atoms with Crippen molar-refractivity contribution < 1.29 is 9.47 Å². The number of nitrogens with two attached hydrogens (primary N) is 1. The third kappa shape index (κ3) is 2.80. The van der Waals surface area contributed by atoms with Crippen molar-refractivity contribution in [2.24, 2.45) is 5.73 Å². The fourth-order valence-electron chi connectivity index (χ4n) is 1.87. The Bertz CT molecular complexity index is 575. The molecule has 0 saturated heterocycles. The van der Waals surface area contributed by atoms with E-state index in [2.05, 4.69) is 4.98 Å².